The van der Waals surface area contributed by atoms with Gasteiger partial charge in [0.05, 0.1) is 24.7 Å². The summed E-state index contributed by atoms with van der Waals surface area (Å²) in [6, 6.07) is 3.88. The number of nitrogens with one attached hydrogen (secondary N) is 1. The van der Waals surface area contributed by atoms with Crippen LogP contribution >= 0.6 is 0 Å². The number of sulfonamides is 1. The van der Waals surface area contributed by atoms with E-state index in [1.54, 1.807) is 0 Å². The lowest BCUT2D eigenvalue weighted by molar-refractivity contribution is -0.142. The monoisotopic (exact) mass is 503 g/mol. The van der Waals surface area contributed by atoms with Crippen molar-refractivity contribution in [1.29, 1.82) is 0 Å². The zero-order valence-corrected chi connectivity index (χ0v) is 19.4. The third kappa shape index (κ3) is 5.23. The minimum atomic E-state index is -4.42. The highest BCUT2D eigenvalue weighted by Crippen LogP contribution is 2.30. The van der Waals surface area contributed by atoms with E-state index in [-0.39, 0.29) is 38.1 Å². The van der Waals surface area contributed by atoms with Crippen LogP contribution in [0.15, 0.2) is 24.3 Å². The van der Waals surface area contributed by atoms with Crippen LogP contribution < -0.4 is 5.32 Å². The number of piperidine rings is 1. The van der Waals surface area contributed by atoms with Crippen molar-refractivity contribution in [3.05, 3.63) is 35.4 Å². The first-order valence-electron chi connectivity index (χ1n) is 11.4. The molecule has 3 aliphatic rings. The number of nitrogens with zero attached hydrogens (tertiary/aromatic N) is 2. The molecule has 3 heterocycles. The van der Waals surface area contributed by atoms with Gasteiger partial charge in [0.25, 0.3) is 0 Å². The smallest absolute Gasteiger partial charge is 0.378 e. The highest BCUT2D eigenvalue weighted by molar-refractivity contribution is 7.89. The van der Waals surface area contributed by atoms with Crippen molar-refractivity contribution in [1.82, 2.24) is 14.5 Å². The van der Waals surface area contributed by atoms with E-state index in [0.717, 1.165) is 12.1 Å². The molecule has 12 heteroatoms. The van der Waals surface area contributed by atoms with Gasteiger partial charge in [-0.15, -0.1) is 0 Å². The number of rotatable bonds is 6. The van der Waals surface area contributed by atoms with Crippen LogP contribution in [0.2, 0.25) is 0 Å². The molecule has 0 aliphatic carbocycles. The van der Waals surface area contributed by atoms with Gasteiger partial charge in [-0.2, -0.15) is 13.2 Å². The highest BCUT2D eigenvalue weighted by Gasteiger charge is 2.43. The van der Waals surface area contributed by atoms with E-state index in [4.69, 9.17) is 4.74 Å². The summed E-state index contributed by atoms with van der Waals surface area (Å²) in [7, 11) is -3.51. The second kappa shape index (κ2) is 9.82. The lowest BCUT2D eigenvalue weighted by Gasteiger charge is -2.38. The molecule has 0 spiro atoms. The Balaban J connectivity index is 1.34. The predicted molar refractivity (Wildman–Crippen MR) is 116 cm³/mol. The summed E-state index contributed by atoms with van der Waals surface area (Å²) in [6.45, 7) is 1.29. The maximum absolute atomic E-state index is 13.2. The Kier molecular flexibility index (Phi) is 7.20. The summed E-state index contributed by atoms with van der Waals surface area (Å²) < 4.78 is 70.0. The first kappa shape index (κ1) is 24.9. The SMILES string of the molecule is O=C(NCc1ccc(C(F)(F)F)cc1)[C@H]1CCCN1C(=O)[C@H]1CCCN(S(=O)(=O)C2COC2)C1. The van der Waals surface area contributed by atoms with Crippen LogP contribution in [0.3, 0.4) is 0 Å². The largest absolute Gasteiger partial charge is 0.416 e. The maximum atomic E-state index is 13.2. The normalized spacial score (nSPS) is 24.6. The first-order valence-corrected chi connectivity index (χ1v) is 12.9. The highest BCUT2D eigenvalue weighted by atomic mass is 32.2. The maximum Gasteiger partial charge on any atom is 0.416 e. The minimum absolute atomic E-state index is 0.0500. The van der Waals surface area contributed by atoms with Crippen LogP contribution in [0.5, 0.6) is 0 Å². The summed E-state index contributed by atoms with van der Waals surface area (Å²) >= 11 is 0. The van der Waals surface area contributed by atoms with E-state index in [1.165, 1.54) is 21.3 Å². The number of benzene rings is 1. The third-order valence-corrected chi connectivity index (χ3v) is 8.87. The topological polar surface area (TPSA) is 96.0 Å². The van der Waals surface area contributed by atoms with Crippen molar-refractivity contribution in [2.24, 2.45) is 5.92 Å². The van der Waals surface area contributed by atoms with Crippen LogP contribution in [0, 0.1) is 5.92 Å². The van der Waals surface area contributed by atoms with Gasteiger partial charge in [0.15, 0.2) is 0 Å². The Morgan fingerprint density at radius 2 is 1.74 bits per heavy atom. The fraction of sp³-hybridized carbons (Fsp3) is 0.636. The van der Waals surface area contributed by atoms with E-state index >= 15 is 0 Å². The van der Waals surface area contributed by atoms with Gasteiger partial charge in [0.2, 0.25) is 21.8 Å². The molecule has 0 unspecified atom stereocenters. The number of halogens is 3. The van der Waals surface area contributed by atoms with Crippen molar-refractivity contribution >= 4 is 21.8 Å². The molecule has 0 aromatic heterocycles. The molecule has 34 heavy (non-hydrogen) atoms. The molecule has 1 aromatic carbocycles. The molecule has 4 rings (SSSR count). The van der Waals surface area contributed by atoms with Crippen molar-refractivity contribution in [2.45, 2.75) is 49.7 Å². The number of hydrogen-bond donors (Lipinski definition) is 1. The third-order valence-electron chi connectivity index (χ3n) is 6.71. The van der Waals surface area contributed by atoms with Gasteiger partial charge in [-0.1, -0.05) is 12.1 Å². The van der Waals surface area contributed by atoms with E-state index in [1.807, 2.05) is 0 Å². The number of amides is 2. The number of likely N-dealkylation sites (tertiary alicyclic amines) is 1. The van der Waals surface area contributed by atoms with Gasteiger partial charge < -0.3 is 15.0 Å². The lowest BCUT2D eigenvalue weighted by Crippen LogP contribution is -2.54. The molecule has 3 aliphatic heterocycles. The average molecular weight is 504 g/mol. The summed E-state index contributed by atoms with van der Waals surface area (Å²) in [5.74, 6) is -1.09. The number of ether oxygens (including phenoxy) is 1. The van der Waals surface area contributed by atoms with E-state index in [9.17, 15) is 31.2 Å². The number of hydrogen-bond acceptors (Lipinski definition) is 5. The zero-order valence-electron chi connectivity index (χ0n) is 18.6. The Labute approximate surface area is 196 Å². The molecular weight excluding hydrogens is 475 g/mol. The molecule has 0 radical (unpaired) electrons. The molecular formula is C22H28F3N3O5S. The van der Waals surface area contributed by atoms with Gasteiger partial charge in [-0.05, 0) is 43.4 Å². The van der Waals surface area contributed by atoms with Gasteiger partial charge in [0, 0.05) is 26.2 Å². The molecule has 3 saturated heterocycles. The van der Waals surface area contributed by atoms with E-state index in [2.05, 4.69) is 5.32 Å². The Morgan fingerprint density at radius 1 is 1.06 bits per heavy atom. The molecule has 8 nitrogen and oxygen atoms in total. The van der Waals surface area contributed by atoms with Crippen molar-refractivity contribution in [3.8, 4) is 0 Å². The lowest BCUT2D eigenvalue weighted by atomic mass is 9.97. The van der Waals surface area contributed by atoms with E-state index < -0.39 is 39.0 Å². The summed E-state index contributed by atoms with van der Waals surface area (Å²) in [5, 5.41) is 2.16. The molecule has 3 fully saturated rings. The molecule has 1 aromatic rings. The minimum Gasteiger partial charge on any atom is -0.378 e. The predicted octanol–water partition coefficient (Wildman–Crippen LogP) is 1.75. The number of carbonyl (C=O) groups excluding carboxylic acids is 2. The molecule has 188 valence electrons. The summed E-state index contributed by atoms with van der Waals surface area (Å²) in [5.41, 5.74) is -0.242. The van der Waals surface area contributed by atoms with Crippen LogP contribution in [-0.4, -0.2) is 73.6 Å². The number of alkyl halides is 3. The Morgan fingerprint density at radius 3 is 2.35 bits per heavy atom. The van der Waals surface area contributed by atoms with Crippen molar-refractivity contribution in [2.75, 3.05) is 32.8 Å². The van der Waals surface area contributed by atoms with Crippen LogP contribution in [0.4, 0.5) is 13.2 Å². The van der Waals surface area contributed by atoms with Crippen LogP contribution in [-0.2, 0) is 37.1 Å². The van der Waals surface area contributed by atoms with Crippen molar-refractivity contribution < 1.29 is 35.9 Å². The van der Waals surface area contributed by atoms with Crippen LogP contribution in [0.1, 0.15) is 36.8 Å². The number of carbonyl (C=O) groups is 2. The van der Waals surface area contributed by atoms with E-state index in [0.29, 0.717) is 44.3 Å². The van der Waals surface area contributed by atoms with Gasteiger partial charge >= 0.3 is 6.18 Å². The summed E-state index contributed by atoms with van der Waals surface area (Å²) in [6.07, 6.45) is -2.16. The van der Waals surface area contributed by atoms with Gasteiger partial charge in [-0.3, -0.25) is 9.59 Å². The van der Waals surface area contributed by atoms with Gasteiger partial charge in [0.1, 0.15) is 11.3 Å². The Hall–Kier alpha value is -2.18. The molecule has 0 saturated carbocycles. The molecule has 2 atom stereocenters. The summed E-state index contributed by atoms with van der Waals surface area (Å²) in [4.78, 5) is 27.6. The quantitative estimate of drug-likeness (QED) is 0.638. The fourth-order valence-corrected chi connectivity index (χ4v) is 6.36. The first-order chi connectivity index (χ1) is 16.1. The average Bonchev–Trinajstić information content (AvgIpc) is 3.25. The van der Waals surface area contributed by atoms with Gasteiger partial charge in [-0.25, -0.2) is 12.7 Å². The second-order valence-electron chi connectivity index (χ2n) is 9.00. The fourth-order valence-electron chi connectivity index (χ4n) is 4.63. The van der Waals surface area contributed by atoms with Crippen LogP contribution in [0.25, 0.3) is 0 Å². The standard InChI is InChI=1S/C22H28F3N3O5S/c23-22(24,25)17-7-5-15(6-8-17)11-26-20(29)19-4-2-10-28(19)21(30)16-3-1-9-27(12-16)34(31,32)18-13-33-14-18/h5-8,16,18-19H,1-4,9-14H2,(H,26,29)/t16-,19+/m0/s1. The zero-order chi connectivity index (χ0) is 24.5. The molecule has 1 N–H and O–H groups in total. The molecule has 0 bridgehead atoms. The molecule has 2 amide bonds. The van der Waals surface area contributed by atoms with Crippen molar-refractivity contribution in [3.63, 3.8) is 0 Å². The Bertz CT molecular complexity index is 1010. The second-order valence-corrected chi connectivity index (χ2v) is 11.2.